The predicted molar refractivity (Wildman–Crippen MR) is 105 cm³/mol. The largest absolute Gasteiger partial charge is 0.457 e. The molecule has 4 rings (SSSR count). The van der Waals surface area contributed by atoms with Crippen molar-refractivity contribution >= 4 is 0 Å². The number of ether oxygens (including phenoxy) is 1. The number of likely N-dealkylation sites (tertiary alicyclic amines) is 1. The molecule has 6 heteroatoms. The van der Waals surface area contributed by atoms with Gasteiger partial charge in [0.05, 0.1) is 17.9 Å². The Morgan fingerprint density at radius 2 is 1.86 bits per heavy atom. The molecule has 2 unspecified atom stereocenters. The molecule has 0 radical (unpaired) electrons. The Labute approximate surface area is 164 Å². The van der Waals surface area contributed by atoms with E-state index in [1.165, 1.54) is 0 Å². The Morgan fingerprint density at radius 3 is 2.64 bits per heavy atom. The van der Waals surface area contributed by atoms with Crippen molar-refractivity contribution in [2.75, 3.05) is 13.1 Å². The number of aromatic nitrogens is 1. The molecular weight excluding hydrogens is 356 g/mol. The third-order valence-corrected chi connectivity index (χ3v) is 4.96. The van der Waals surface area contributed by atoms with Crippen LogP contribution in [0.4, 0.5) is 0 Å². The molecule has 3 aromatic rings. The molecular formula is C22H24N2O4. The number of rotatable bonds is 5. The van der Waals surface area contributed by atoms with Crippen LogP contribution in [0.25, 0.3) is 11.5 Å². The second kappa shape index (κ2) is 8.14. The van der Waals surface area contributed by atoms with Gasteiger partial charge in [-0.05, 0) is 43.7 Å². The van der Waals surface area contributed by atoms with Gasteiger partial charge in [-0.1, -0.05) is 24.3 Å². The summed E-state index contributed by atoms with van der Waals surface area (Å²) in [6.07, 6.45) is -0.797. The molecule has 146 valence electrons. The highest BCUT2D eigenvalue weighted by atomic mass is 16.5. The summed E-state index contributed by atoms with van der Waals surface area (Å²) in [6.45, 7) is 3.63. The maximum absolute atomic E-state index is 9.88. The van der Waals surface area contributed by atoms with E-state index in [9.17, 15) is 10.2 Å². The van der Waals surface area contributed by atoms with Crippen molar-refractivity contribution < 1.29 is 19.4 Å². The van der Waals surface area contributed by atoms with Gasteiger partial charge in [0.25, 0.3) is 0 Å². The fraction of sp³-hybridized carbons (Fsp3) is 0.318. The average Bonchev–Trinajstić information content (AvgIpc) is 3.06. The summed E-state index contributed by atoms with van der Waals surface area (Å²) in [7, 11) is 0. The molecule has 0 saturated carbocycles. The molecule has 1 saturated heterocycles. The molecule has 1 aliphatic heterocycles. The van der Waals surface area contributed by atoms with Crippen LogP contribution in [0.1, 0.15) is 17.9 Å². The van der Waals surface area contributed by atoms with Gasteiger partial charge < -0.3 is 19.4 Å². The van der Waals surface area contributed by atoms with Crippen LogP contribution in [0, 0.1) is 6.92 Å². The molecule has 6 nitrogen and oxygen atoms in total. The number of hydrogen-bond acceptors (Lipinski definition) is 6. The van der Waals surface area contributed by atoms with Gasteiger partial charge in [0.2, 0.25) is 5.89 Å². The number of hydrogen-bond donors (Lipinski definition) is 2. The summed E-state index contributed by atoms with van der Waals surface area (Å²) in [5, 5.41) is 19.6. The van der Waals surface area contributed by atoms with Crippen LogP contribution in [0.5, 0.6) is 11.5 Å². The van der Waals surface area contributed by atoms with E-state index in [0.717, 1.165) is 29.3 Å². The van der Waals surface area contributed by atoms with Crippen LogP contribution < -0.4 is 4.74 Å². The molecule has 2 N–H and O–H groups in total. The summed E-state index contributed by atoms with van der Waals surface area (Å²) in [5.41, 5.74) is 1.69. The Hall–Kier alpha value is -2.67. The zero-order chi connectivity index (χ0) is 19.5. The van der Waals surface area contributed by atoms with Crippen molar-refractivity contribution in [1.29, 1.82) is 0 Å². The normalized spacial score (nSPS) is 20.2. The Balaban J connectivity index is 1.49. The first kappa shape index (κ1) is 18.7. The quantitative estimate of drug-likeness (QED) is 0.707. The molecule has 2 heterocycles. The lowest BCUT2D eigenvalue weighted by Gasteiger charge is -2.32. The average molecular weight is 380 g/mol. The third kappa shape index (κ3) is 4.25. The molecule has 0 aliphatic carbocycles. The Morgan fingerprint density at radius 1 is 1.07 bits per heavy atom. The van der Waals surface area contributed by atoms with E-state index >= 15 is 0 Å². The van der Waals surface area contributed by atoms with Crippen LogP contribution >= 0.6 is 0 Å². The summed E-state index contributed by atoms with van der Waals surface area (Å²) >= 11 is 0. The number of aliphatic hydroxyl groups excluding tert-OH is 2. The lowest BCUT2D eigenvalue weighted by molar-refractivity contribution is -0.0406. The van der Waals surface area contributed by atoms with Crippen molar-refractivity contribution in [1.82, 2.24) is 9.88 Å². The topological polar surface area (TPSA) is 79.0 Å². The molecule has 2 aromatic carbocycles. The van der Waals surface area contributed by atoms with Crippen LogP contribution in [0.15, 0.2) is 59.0 Å². The van der Waals surface area contributed by atoms with E-state index < -0.39 is 12.2 Å². The van der Waals surface area contributed by atoms with E-state index in [2.05, 4.69) is 9.88 Å². The number of piperidine rings is 1. The molecule has 0 spiro atoms. The van der Waals surface area contributed by atoms with Crippen molar-refractivity contribution in [3.8, 4) is 23.0 Å². The third-order valence-electron chi connectivity index (χ3n) is 4.96. The van der Waals surface area contributed by atoms with Gasteiger partial charge in [-0.15, -0.1) is 0 Å². The van der Waals surface area contributed by atoms with Gasteiger partial charge in [-0.25, -0.2) is 4.98 Å². The minimum absolute atomic E-state index is 0.434. The summed E-state index contributed by atoms with van der Waals surface area (Å²) in [6, 6.07) is 17.3. The van der Waals surface area contributed by atoms with Gasteiger partial charge in [0, 0.05) is 25.2 Å². The highest BCUT2D eigenvalue weighted by Crippen LogP contribution is 2.28. The monoisotopic (exact) mass is 380 g/mol. The SMILES string of the molecule is Cc1oc(-c2cccc(Oc3ccccc3)c2)nc1CN1CCC(O)C(O)C1. The molecule has 0 amide bonds. The van der Waals surface area contributed by atoms with E-state index in [4.69, 9.17) is 9.15 Å². The number of β-amino-alcohol motifs (C(OH)–C–C–N with tert-alkyl or cyclic N) is 1. The molecule has 0 bridgehead atoms. The first-order chi connectivity index (χ1) is 13.6. The lowest BCUT2D eigenvalue weighted by Crippen LogP contribution is -2.46. The van der Waals surface area contributed by atoms with Crippen LogP contribution in [0.3, 0.4) is 0 Å². The maximum Gasteiger partial charge on any atom is 0.226 e. The smallest absolute Gasteiger partial charge is 0.226 e. The second-order valence-corrected chi connectivity index (χ2v) is 7.12. The molecule has 2 atom stereocenters. The standard InChI is InChI=1S/C22H24N2O4/c1-15-19(13-24-11-10-20(25)21(26)14-24)23-22(27-15)16-6-5-9-18(12-16)28-17-7-3-2-4-8-17/h2-9,12,20-21,25-26H,10-11,13-14H2,1H3. The van der Waals surface area contributed by atoms with Gasteiger partial charge >= 0.3 is 0 Å². The number of benzene rings is 2. The molecule has 28 heavy (non-hydrogen) atoms. The van der Waals surface area contributed by atoms with Crippen molar-refractivity contribution in [2.24, 2.45) is 0 Å². The summed E-state index contributed by atoms with van der Waals surface area (Å²) in [4.78, 5) is 6.74. The lowest BCUT2D eigenvalue weighted by atomic mass is 10.1. The minimum atomic E-state index is -0.716. The number of aliphatic hydroxyl groups is 2. The number of aryl methyl sites for hydroxylation is 1. The summed E-state index contributed by atoms with van der Waals surface area (Å²) in [5.74, 6) is 2.79. The van der Waals surface area contributed by atoms with Crippen molar-refractivity contribution in [3.05, 3.63) is 66.1 Å². The van der Waals surface area contributed by atoms with Gasteiger partial charge in [-0.2, -0.15) is 0 Å². The number of oxazole rings is 1. The van der Waals surface area contributed by atoms with Gasteiger partial charge in [0.1, 0.15) is 17.3 Å². The second-order valence-electron chi connectivity index (χ2n) is 7.12. The highest BCUT2D eigenvalue weighted by Gasteiger charge is 2.27. The highest BCUT2D eigenvalue weighted by molar-refractivity contribution is 5.57. The zero-order valence-electron chi connectivity index (χ0n) is 15.8. The van der Waals surface area contributed by atoms with Gasteiger partial charge in [-0.3, -0.25) is 4.90 Å². The summed E-state index contributed by atoms with van der Waals surface area (Å²) < 4.78 is 11.8. The van der Waals surface area contributed by atoms with Crippen LogP contribution in [0.2, 0.25) is 0 Å². The van der Waals surface area contributed by atoms with E-state index in [-0.39, 0.29) is 0 Å². The molecule has 1 aliphatic rings. The van der Waals surface area contributed by atoms with Gasteiger partial charge in [0.15, 0.2) is 0 Å². The van der Waals surface area contributed by atoms with E-state index in [1.54, 1.807) is 0 Å². The first-order valence-corrected chi connectivity index (χ1v) is 9.46. The first-order valence-electron chi connectivity index (χ1n) is 9.46. The van der Waals surface area contributed by atoms with E-state index in [1.807, 2.05) is 61.5 Å². The zero-order valence-corrected chi connectivity index (χ0v) is 15.8. The van der Waals surface area contributed by atoms with Crippen molar-refractivity contribution in [3.63, 3.8) is 0 Å². The fourth-order valence-corrected chi connectivity index (χ4v) is 3.36. The van der Waals surface area contributed by atoms with Crippen LogP contribution in [-0.4, -0.2) is 45.4 Å². The molecule has 1 aromatic heterocycles. The van der Waals surface area contributed by atoms with Crippen LogP contribution in [-0.2, 0) is 6.54 Å². The van der Waals surface area contributed by atoms with E-state index in [0.29, 0.717) is 31.2 Å². The number of para-hydroxylation sites is 1. The fourth-order valence-electron chi connectivity index (χ4n) is 3.36. The maximum atomic E-state index is 9.88. The Kier molecular flexibility index (Phi) is 5.43. The minimum Gasteiger partial charge on any atom is -0.457 e. The van der Waals surface area contributed by atoms with Crippen molar-refractivity contribution in [2.45, 2.75) is 32.1 Å². The predicted octanol–water partition coefficient (Wildman–Crippen LogP) is 3.37. The molecule has 1 fully saturated rings. The number of nitrogens with zero attached hydrogens (tertiary/aromatic N) is 2. The Bertz CT molecular complexity index is 925.